The lowest BCUT2D eigenvalue weighted by Crippen LogP contribution is -2.41. The summed E-state index contributed by atoms with van der Waals surface area (Å²) in [5, 5.41) is 26.1. The monoisotopic (exact) mass is 774 g/mol. The first-order valence-corrected chi connectivity index (χ1v) is 20.4. The molecule has 3 unspecified atom stereocenters. The summed E-state index contributed by atoms with van der Waals surface area (Å²) in [5.41, 5.74) is 0. The van der Waals surface area contributed by atoms with Crippen LogP contribution in [0.25, 0.3) is 0 Å². The van der Waals surface area contributed by atoms with E-state index in [1.165, 1.54) is 57.8 Å². The number of nitrogens with one attached hydrogen (secondary N) is 3. The van der Waals surface area contributed by atoms with Gasteiger partial charge in [0.2, 0.25) is 17.7 Å². The minimum Gasteiger partial charge on any atom is -0.481 e. The molecular weight excluding hydrogens is 702 g/mol. The van der Waals surface area contributed by atoms with Crippen molar-refractivity contribution in [2.75, 3.05) is 65.9 Å². The van der Waals surface area contributed by atoms with Crippen molar-refractivity contribution in [3.63, 3.8) is 0 Å². The maximum Gasteiger partial charge on any atom is 0.326 e. The van der Waals surface area contributed by atoms with Gasteiger partial charge in [0.05, 0.1) is 52.4 Å². The van der Waals surface area contributed by atoms with Gasteiger partial charge in [0.1, 0.15) is 18.8 Å². The molecule has 0 bridgehead atoms. The highest BCUT2D eigenvalue weighted by Crippen LogP contribution is 2.20. The van der Waals surface area contributed by atoms with Crippen molar-refractivity contribution in [1.29, 1.82) is 0 Å². The third-order valence-corrected chi connectivity index (χ3v) is 9.07. The van der Waals surface area contributed by atoms with Crippen LogP contribution in [0.15, 0.2) is 0 Å². The Balaban J connectivity index is 1.88. The van der Waals surface area contributed by atoms with Crippen molar-refractivity contribution in [1.82, 2.24) is 16.0 Å². The number of unbranched alkanes of at least 4 members (excludes halogenated alkanes) is 15. The van der Waals surface area contributed by atoms with Crippen LogP contribution in [0.3, 0.4) is 0 Å². The summed E-state index contributed by atoms with van der Waals surface area (Å²) in [4.78, 5) is 58.4. The Labute approximate surface area is 322 Å². The summed E-state index contributed by atoms with van der Waals surface area (Å²) in [7, 11) is 0. The van der Waals surface area contributed by atoms with E-state index in [9.17, 15) is 29.1 Å². The lowest BCUT2D eigenvalue weighted by molar-refractivity contribution is -0.142. The standard InChI is InChI=1S/C39H71N3O12/c1-32-34(54-32)30-52-28-26-51-25-23-41-37(45)31-53-29-27-50-24-22-40-35(43)21-20-33(39(48)49)42-36(44)18-16-14-12-10-8-6-4-2-3-5-7-9-11-13-15-17-19-38(46)47/h32-34H,2-31H2,1H3,(H,40,43)(H,41,45)(H,42,44)(H,46,47)(H,48,49). The fourth-order valence-corrected chi connectivity index (χ4v) is 5.71. The molecule has 15 nitrogen and oxygen atoms in total. The smallest absolute Gasteiger partial charge is 0.326 e. The maximum absolute atomic E-state index is 12.3. The number of hydrogen-bond acceptors (Lipinski definition) is 10. The quantitative estimate of drug-likeness (QED) is 0.0430. The van der Waals surface area contributed by atoms with Crippen LogP contribution in [-0.4, -0.2) is 124 Å². The highest BCUT2D eigenvalue weighted by atomic mass is 16.6. The minimum atomic E-state index is -1.16. The van der Waals surface area contributed by atoms with Gasteiger partial charge in [-0.15, -0.1) is 0 Å². The van der Waals surface area contributed by atoms with Crippen molar-refractivity contribution in [2.24, 2.45) is 0 Å². The first-order chi connectivity index (χ1) is 26.2. The van der Waals surface area contributed by atoms with E-state index >= 15 is 0 Å². The van der Waals surface area contributed by atoms with Crippen LogP contribution in [0.5, 0.6) is 0 Å². The molecule has 3 atom stereocenters. The average Bonchev–Trinajstić information content (AvgIpc) is 3.85. The Morgan fingerprint density at radius 2 is 1.00 bits per heavy atom. The highest BCUT2D eigenvalue weighted by molar-refractivity contribution is 5.84. The third-order valence-electron chi connectivity index (χ3n) is 9.07. The molecule has 5 N–H and O–H groups in total. The molecule has 0 radical (unpaired) electrons. The largest absolute Gasteiger partial charge is 0.481 e. The first-order valence-electron chi connectivity index (χ1n) is 20.4. The van der Waals surface area contributed by atoms with E-state index in [4.69, 9.17) is 28.8 Å². The van der Waals surface area contributed by atoms with E-state index in [-0.39, 0.29) is 88.6 Å². The van der Waals surface area contributed by atoms with Gasteiger partial charge in [0, 0.05) is 32.4 Å². The first kappa shape index (κ1) is 49.2. The normalized spacial score (nSPS) is 15.4. The second kappa shape index (κ2) is 34.6. The summed E-state index contributed by atoms with van der Waals surface area (Å²) in [6.07, 6.45) is 19.0. The molecule has 0 aliphatic carbocycles. The van der Waals surface area contributed by atoms with Gasteiger partial charge in [0.15, 0.2) is 0 Å². The zero-order valence-electron chi connectivity index (χ0n) is 32.9. The van der Waals surface area contributed by atoms with Crippen molar-refractivity contribution >= 4 is 29.7 Å². The predicted molar refractivity (Wildman–Crippen MR) is 203 cm³/mol. The van der Waals surface area contributed by atoms with Crippen LogP contribution >= 0.6 is 0 Å². The number of carboxylic acid groups (broad SMARTS) is 2. The van der Waals surface area contributed by atoms with Crippen molar-refractivity contribution in [3.8, 4) is 0 Å². The van der Waals surface area contributed by atoms with E-state index in [1.807, 2.05) is 6.92 Å². The van der Waals surface area contributed by atoms with E-state index in [1.54, 1.807) is 0 Å². The second-order valence-electron chi connectivity index (χ2n) is 14.0. The third kappa shape index (κ3) is 32.6. The van der Waals surface area contributed by atoms with E-state index < -0.39 is 18.0 Å². The molecule has 314 valence electrons. The topological polar surface area (TPSA) is 211 Å². The van der Waals surface area contributed by atoms with Crippen LogP contribution in [0.1, 0.15) is 135 Å². The molecule has 0 aromatic heterocycles. The molecule has 1 heterocycles. The number of aliphatic carboxylic acids is 2. The number of amides is 3. The Morgan fingerprint density at radius 3 is 1.48 bits per heavy atom. The van der Waals surface area contributed by atoms with Crippen LogP contribution in [0.2, 0.25) is 0 Å². The van der Waals surface area contributed by atoms with Gasteiger partial charge < -0.3 is 49.8 Å². The summed E-state index contributed by atoms with van der Waals surface area (Å²) < 4.78 is 26.7. The zero-order valence-corrected chi connectivity index (χ0v) is 32.9. The molecule has 1 aliphatic heterocycles. The van der Waals surface area contributed by atoms with Gasteiger partial charge in [0.25, 0.3) is 0 Å². The van der Waals surface area contributed by atoms with Gasteiger partial charge >= 0.3 is 11.9 Å². The second-order valence-corrected chi connectivity index (χ2v) is 14.0. The summed E-state index contributed by atoms with van der Waals surface area (Å²) in [6, 6.07) is -1.12. The molecule has 1 saturated heterocycles. The molecule has 0 aromatic rings. The summed E-state index contributed by atoms with van der Waals surface area (Å²) >= 11 is 0. The molecule has 54 heavy (non-hydrogen) atoms. The van der Waals surface area contributed by atoms with Gasteiger partial charge in [-0.05, 0) is 26.2 Å². The van der Waals surface area contributed by atoms with Crippen molar-refractivity contribution in [2.45, 2.75) is 154 Å². The molecule has 15 heteroatoms. The number of carbonyl (C=O) groups is 5. The summed E-state index contributed by atoms with van der Waals surface area (Å²) in [5.74, 6) is -2.76. The lowest BCUT2D eigenvalue weighted by atomic mass is 10.0. The van der Waals surface area contributed by atoms with E-state index in [0.717, 1.165) is 38.5 Å². The van der Waals surface area contributed by atoms with Gasteiger partial charge in [-0.1, -0.05) is 89.9 Å². The molecule has 1 rings (SSSR count). The zero-order chi connectivity index (χ0) is 39.5. The number of ether oxygens (including phenoxy) is 5. The Hall–Kier alpha value is -2.85. The van der Waals surface area contributed by atoms with Crippen LogP contribution in [-0.2, 0) is 47.7 Å². The van der Waals surface area contributed by atoms with Crippen LogP contribution in [0, 0.1) is 0 Å². The Morgan fingerprint density at radius 1 is 0.556 bits per heavy atom. The molecule has 1 fully saturated rings. The Kier molecular flexibility index (Phi) is 31.5. The van der Waals surface area contributed by atoms with Crippen molar-refractivity contribution < 1.29 is 57.9 Å². The van der Waals surface area contributed by atoms with E-state index in [0.29, 0.717) is 39.4 Å². The number of carbonyl (C=O) groups excluding carboxylic acids is 3. The molecule has 0 spiro atoms. The SMILES string of the molecule is CC1OC1COCCOCCNC(=O)COCCOCCNC(=O)CCC(NC(=O)CCCCCCCCCCCCCCCCCCC(=O)O)C(=O)O. The van der Waals surface area contributed by atoms with E-state index in [2.05, 4.69) is 16.0 Å². The average molecular weight is 774 g/mol. The molecule has 0 aromatic carbocycles. The molecule has 1 aliphatic rings. The predicted octanol–water partition coefficient (Wildman–Crippen LogP) is 4.53. The molecule has 3 amide bonds. The van der Waals surface area contributed by atoms with Crippen LogP contribution in [0.4, 0.5) is 0 Å². The minimum absolute atomic E-state index is 0.00397. The van der Waals surface area contributed by atoms with Crippen molar-refractivity contribution in [3.05, 3.63) is 0 Å². The van der Waals surface area contributed by atoms with Gasteiger partial charge in [-0.2, -0.15) is 0 Å². The fraction of sp³-hybridized carbons (Fsp3) is 0.872. The Bertz CT molecular complexity index is 1000. The highest BCUT2D eigenvalue weighted by Gasteiger charge is 2.33. The number of hydrogen-bond donors (Lipinski definition) is 5. The number of carboxylic acids is 2. The molecular formula is C39H71N3O12. The number of epoxide rings is 1. The number of rotatable bonds is 40. The molecule has 0 saturated carbocycles. The lowest BCUT2D eigenvalue weighted by Gasteiger charge is -2.14. The maximum atomic E-state index is 12.3. The summed E-state index contributed by atoms with van der Waals surface area (Å²) in [6.45, 7) is 5.06. The van der Waals surface area contributed by atoms with Gasteiger partial charge in [-0.3, -0.25) is 19.2 Å². The van der Waals surface area contributed by atoms with Crippen LogP contribution < -0.4 is 16.0 Å². The van der Waals surface area contributed by atoms with Gasteiger partial charge in [-0.25, -0.2) is 4.79 Å². The fourth-order valence-electron chi connectivity index (χ4n) is 5.71.